The Bertz CT molecular complexity index is 566. The van der Waals surface area contributed by atoms with Crippen molar-refractivity contribution in [3.05, 3.63) is 70.2 Å². The summed E-state index contributed by atoms with van der Waals surface area (Å²) >= 11 is 5.98. The summed E-state index contributed by atoms with van der Waals surface area (Å²) in [6.07, 6.45) is 0.789. The third-order valence-corrected chi connectivity index (χ3v) is 3.58. The Hall–Kier alpha value is -1.45. The lowest BCUT2D eigenvalue weighted by atomic mass is 9.93. The predicted molar refractivity (Wildman–Crippen MR) is 75.8 cm³/mol. The number of hydrogen-bond acceptors (Lipinski definition) is 1. The van der Waals surface area contributed by atoms with Crippen LogP contribution < -0.4 is 0 Å². The van der Waals surface area contributed by atoms with Crippen molar-refractivity contribution < 1.29 is 13.9 Å². The summed E-state index contributed by atoms with van der Waals surface area (Å²) < 4.78 is 26.9. The molecule has 1 atom stereocenters. The van der Waals surface area contributed by atoms with E-state index in [2.05, 4.69) is 0 Å². The van der Waals surface area contributed by atoms with Crippen LogP contribution >= 0.6 is 11.6 Å². The fourth-order valence-electron chi connectivity index (χ4n) is 2.21. The second-order valence-corrected chi connectivity index (χ2v) is 5.19. The number of hydrogen-bond donors (Lipinski definition) is 1. The van der Waals surface area contributed by atoms with Gasteiger partial charge in [0, 0.05) is 17.2 Å². The maximum absolute atomic E-state index is 13.7. The molecule has 0 aliphatic rings. The molecule has 0 bridgehead atoms. The monoisotopic (exact) mass is 296 g/mol. The molecule has 0 heterocycles. The van der Waals surface area contributed by atoms with Crippen LogP contribution in [0.15, 0.2) is 42.5 Å². The summed E-state index contributed by atoms with van der Waals surface area (Å²) in [5.74, 6) is -0.899. The lowest BCUT2D eigenvalue weighted by molar-refractivity contribution is 0.224. The molecule has 2 aromatic carbocycles. The van der Waals surface area contributed by atoms with E-state index in [0.717, 1.165) is 5.56 Å². The average molecular weight is 297 g/mol. The van der Waals surface area contributed by atoms with Gasteiger partial charge in [-0.25, -0.2) is 8.78 Å². The Morgan fingerprint density at radius 2 is 1.80 bits per heavy atom. The van der Waals surface area contributed by atoms with Gasteiger partial charge in [0.2, 0.25) is 0 Å². The Morgan fingerprint density at radius 1 is 1.05 bits per heavy atom. The molecule has 0 radical (unpaired) electrons. The number of benzene rings is 2. The maximum atomic E-state index is 13.7. The van der Waals surface area contributed by atoms with Gasteiger partial charge in [0.05, 0.1) is 0 Å². The average Bonchev–Trinajstić information content (AvgIpc) is 2.42. The van der Waals surface area contributed by atoms with Crippen molar-refractivity contribution in [1.82, 2.24) is 0 Å². The van der Waals surface area contributed by atoms with E-state index in [1.807, 2.05) is 0 Å². The summed E-state index contributed by atoms with van der Waals surface area (Å²) in [6.45, 7) is -0.110. The third kappa shape index (κ3) is 3.78. The standard InChI is InChI=1S/C16H15ClF2O/c17-15-5-2-6-16(19)14(15)9-12(10-20)7-11-3-1-4-13(18)8-11/h1-6,8,12,20H,7,9-10H2. The highest BCUT2D eigenvalue weighted by Crippen LogP contribution is 2.24. The molecule has 0 aromatic heterocycles. The molecule has 2 rings (SSSR count). The van der Waals surface area contributed by atoms with E-state index >= 15 is 0 Å². The zero-order valence-corrected chi connectivity index (χ0v) is 11.6. The molecule has 0 aliphatic carbocycles. The summed E-state index contributed by atoms with van der Waals surface area (Å²) in [4.78, 5) is 0. The van der Waals surface area contributed by atoms with E-state index in [1.54, 1.807) is 24.3 Å². The van der Waals surface area contributed by atoms with E-state index in [1.165, 1.54) is 18.2 Å². The summed E-state index contributed by atoms with van der Waals surface area (Å²) in [7, 11) is 0. The lowest BCUT2D eigenvalue weighted by Gasteiger charge is -2.16. The van der Waals surface area contributed by atoms with E-state index in [0.29, 0.717) is 23.4 Å². The SMILES string of the molecule is OCC(Cc1cccc(F)c1)Cc1c(F)cccc1Cl. The van der Waals surface area contributed by atoms with Gasteiger partial charge >= 0.3 is 0 Å². The van der Waals surface area contributed by atoms with Gasteiger partial charge in [-0.05, 0) is 48.6 Å². The van der Waals surface area contributed by atoms with Crippen molar-refractivity contribution in [2.45, 2.75) is 12.8 Å². The minimum atomic E-state index is -0.379. The van der Waals surface area contributed by atoms with Crippen molar-refractivity contribution in [2.75, 3.05) is 6.61 Å². The topological polar surface area (TPSA) is 20.2 Å². The highest BCUT2D eigenvalue weighted by Gasteiger charge is 2.15. The molecule has 0 amide bonds. The number of halogens is 3. The Morgan fingerprint density at radius 3 is 2.45 bits per heavy atom. The normalized spacial score (nSPS) is 12.4. The molecular formula is C16H15ClF2O. The smallest absolute Gasteiger partial charge is 0.127 e. The first-order valence-electron chi connectivity index (χ1n) is 6.38. The molecule has 0 saturated carbocycles. The zero-order valence-electron chi connectivity index (χ0n) is 10.8. The van der Waals surface area contributed by atoms with Crippen LogP contribution in [0, 0.1) is 17.6 Å². The van der Waals surface area contributed by atoms with Crippen LogP contribution in [0.1, 0.15) is 11.1 Å². The molecule has 4 heteroatoms. The molecule has 1 N–H and O–H groups in total. The Balaban J connectivity index is 2.13. The Kier molecular flexibility index (Phi) is 5.10. The maximum Gasteiger partial charge on any atom is 0.127 e. The van der Waals surface area contributed by atoms with Gasteiger partial charge in [0.1, 0.15) is 11.6 Å². The molecule has 0 spiro atoms. The van der Waals surface area contributed by atoms with Gasteiger partial charge < -0.3 is 5.11 Å². The molecule has 1 nitrogen and oxygen atoms in total. The molecule has 0 fully saturated rings. The van der Waals surface area contributed by atoms with E-state index < -0.39 is 0 Å². The van der Waals surface area contributed by atoms with Crippen LogP contribution in [0.4, 0.5) is 8.78 Å². The van der Waals surface area contributed by atoms with Crippen molar-refractivity contribution >= 4 is 11.6 Å². The quantitative estimate of drug-likeness (QED) is 0.884. The van der Waals surface area contributed by atoms with Crippen LogP contribution in [0.5, 0.6) is 0 Å². The number of rotatable bonds is 5. The van der Waals surface area contributed by atoms with Crippen molar-refractivity contribution in [3.63, 3.8) is 0 Å². The summed E-state index contributed by atoms with van der Waals surface area (Å²) in [6, 6.07) is 10.7. The fraction of sp³-hybridized carbons (Fsp3) is 0.250. The largest absolute Gasteiger partial charge is 0.396 e. The van der Waals surface area contributed by atoms with Crippen LogP contribution in [-0.4, -0.2) is 11.7 Å². The highest BCUT2D eigenvalue weighted by molar-refractivity contribution is 6.31. The highest BCUT2D eigenvalue weighted by atomic mass is 35.5. The molecule has 0 saturated heterocycles. The molecule has 20 heavy (non-hydrogen) atoms. The van der Waals surface area contributed by atoms with Gasteiger partial charge in [-0.2, -0.15) is 0 Å². The van der Waals surface area contributed by atoms with Crippen molar-refractivity contribution in [1.29, 1.82) is 0 Å². The second-order valence-electron chi connectivity index (χ2n) is 4.79. The van der Waals surface area contributed by atoms with Crippen LogP contribution in [-0.2, 0) is 12.8 Å². The fourth-order valence-corrected chi connectivity index (χ4v) is 2.45. The number of aliphatic hydroxyl groups excluding tert-OH is 1. The van der Waals surface area contributed by atoms with E-state index in [-0.39, 0.29) is 24.2 Å². The molecule has 0 aliphatic heterocycles. The van der Waals surface area contributed by atoms with E-state index in [4.69, 9.17) is 11.6 Å². The molecule has 2 aromatic rings. The van der Waals surface area contributed by atoms with E-state index in [9.17, 15) is 13.9 Å². The van der Waals surface area contributed by atoms with Crippen molar-refractivity contribution in [3.8, 4) is 0 Å². The van der Waals surface area contributed by atoms with Gasteiger partial charge in [-0.15, -0.1) is 0 Å². The number of aliphatic hydroxyl groups is 1. The van der Waals surface area contributed by atoms with Crippen LogP contribution in [0.3, 0.4) is 0 Å². The van der Waals surface area contributed by atoms with Gasteiger partial charge in [0.15, 0.2) is 0 Å². The third-order valence-electron chi connectivity index (χ3n) is 3.23. The summed E-state index contributed by atoms with van der Waals surface area (Å²) in [5.41, 5.74) is 1.17. The second kappa shape index (κ2) is 6.82. The lowest BCUT2D eigenvalue weighted by Crippen LogP contribution is -2.14. The van der Waals surface area contributed by atoms with Crippen LogP contribution in [0.2, 0.25) is 5.02 Å². The first kappa shape index (κ1) is 14.9. The zero-order chi connectivity index (χ0) is 14.5. The van der Waals surface area contributed by atoms with Gasteiger partial charge in [-0.3, -0.25) is 0 Å². The first-order chi connectivity index (χ1) is 9.60. The molecule has 1 unspecified atom stereocenters. The van der Waals surface area contributed by atoms with Gasteiger partial charge in [-0.1, -0.05) is 29.8 Å². The Labute approximate surface area is 121 Å². The minimum absolute atomic E-state index is 0.110. The first-order valence-corrected chi connectivity index (χ1v) is 6.76. The summed E-state index contributed by atoms with van der Waals surface area (Å²) in [5, 5.41) is 9.79. The molecular weight excluding hydrogens is 282 g/mol. The predicted octanol–water partition coefficient (Wildman–Crippen LogP) is 4.01. The van der Waals surface area contributed by atoms with Crippen LogP contribution in [0.25, 0.3) is 0 Å². The molecule has 106 valence electrons. The van der Waals surface area contributed by atoms with Gasteiger partial charge in [0.25, 0.3) is 0 Å². The van der Waals surface area contributed by atoms with Crippen molar-refractivity contribution in [2.24, 2.45) is 5.92 Å². The minimum Gasteiger partial charge on any atom is -0.396 e.